The number of Topliss-reactive ketones (excluding diaryl/α,β-unsaturated/α-hetero) is 1. The number of hydrogen-bond donors (Lipinski definition) is 4. The van der Waals surface area contributed by atoms with Gasteiger partial charge in [-0.2, -0.15) is 11.7 Å². The summed E-state index contributed by atoms with van der Waals surface area (Å²) in [6, 6.07) is 45.8. The van der Waals surface area contributed by atoms with E-state index in [-0.39, 0.29) is 98.8 Å². The van der Waals surface area contributed by atoms with E-state index < -0.39 is 35.0 Å². The topological polar surface area (TPSA) is 346 Å². The molecule has 0 bridgehead atoms. The van der Waals surface area contributed by atoms with Crippen LogP contribution in [0.1, 0.15) is 169 Å². The predicted octanol–water partition coefficient (Wildman–Crippen LogP) is 11.0. The molecule has 0 amide bonds. The Balaban J connectivity index is 0.00000134. The first-order chi connectivity index (χ1) is 52.1. The Morgan fingerprint density at radius 3 is 1.22 bits per heavy atom. The molecule has 0 saturated carbocycles. The van der Waals surface area contributed by atoms with Crippen molar-refractivity contribution in [3.63, 3.8) is 0 Å². The number of aromatic amines is 2. The van der Waals surface area contributed by atoms with Crippen LogP contribution in [0.2, 0.25) is 0 Å². The minimum atomic E-state index is -1.21. The van der Waals surface area contributed by atoms with Crippen molar-refractivity contribution in [3.05, 3.63) is 243 Å². The molecule has 0 aliphatic heterocycles. The number of carbonyl (C=O) groups is 5. The van der Waals surface area contributed by atoms with E-state index in [4.69, 9.17) is 21.1 Å². The fourth-order valence-electron chi connectivity index (χ4n) is 11.5. The van der Waals surface area contributed by atoms with Gasteiger partial charge in [0.25, 0.3) is 11.1 Å². The summed E-state index contributed by atoms with van der Waals surface area (Å²) in [6.45, 7) is 27.6. The number of aromatic nitrogens is 7. The number of aromatic carboxylic acids is 1. The minimum absolute atomic E-state index is 0. The van der Waals surface area contributed by atoms with Gasteiger partial charge >= 0.3 is 65.8 Å². The number of aryl methyl sites for hydroxylation is 7. The molecule has 12 rings (SSSR count). The van der Waals surface area contributed by atoms with Crippen LogP contribution >= 0.6 is 0 Å². The zero-order chi connectivity index (χ0) is 81.9. The molecule has 5 aromatic carbocycles. The summed E-state index contributed by atoms with van der Waals surface area (Å²) in [5, 5.41) is 23.7. The number of rotatable bonds is 14. The Kier molecular flexibility index (Phi) is 45.0. The van der Waals surface area contributed by atoms with Crippen molar-refractivity contribution >= 4 is 113 Å². The van der Waals surface area contributed by atoms with Crippen LogP contribution in [0.3, 0.4) is 0 Å². The second kappa shape index (κ2) is 49.5. The number of H-pyrrole nitrogens is 2. The van der Waals surface area contributed by atoms with Crippen LogP contribution < -0.4 is 48.1 Å². The third kappa shape index (κ3) is 30.1. The molecule has 0 atom stereocenters. The maximum Gasteiger partial charge on any atom is 2.00 e. The summed E-state index contributed by atoms with van der Waals surface area (Å²) in [5.74, 6) is -2.95. The molecule has 0 unspecified atom stereocenters. The summed E-state index contributed by atoms with van der Waals surface area (Å²) in [5.41, 5.74) is 18.6. The van der Waals surface area contributed by atoms with Gasteiger partial charge < -0.3 is 88.1 Å². The molecule has 115 heavy (non-hydrogen) atoms. The van der Waals surface area contributed by atoms with Crippen molar-refractivity contribution in [2.24, 2.45) is 46.0 Å². The Morgan fingerprint density at radius 2 is 0.878 bits per heavy atom. The second-order valence-electron chi connectivity index (χ2n) is 28.1. The third-order valence-electron chi connectivity index (χ3n) is 17.0. The number of nitriles is 1. The van der Waals surface area contributed by atoms with Gasteiger partial charge in [-0.05, 0) is 197 Å². The number of carboxylic acid groups (broad SMARTS) is 1. The van der Waals surface area contributed by atoms with Gasteiger partial charge in [0.2, 0.25) is 0 Å². The summed E-state index contributed by atoms with van der Waals surface area (Å²) in [7, 11) is 13.7. The molecule has 23 nitrogen and oxygen atoms in total. The number of aliphatic imine (C=N–C) groups is 1. The number of pyridine rings is 2. The van der Waals surface area contributed by atoms with Crippen LogP contribution in [0, 0.1) is 18.3 Å². The van der Waals surface area contributed by atoms with Gasteiger partial charge in [0.15, 0.2) is 5.78 Å². The predicted molar refractivity (Wildman–Crippen MR) is 456 cm³/mol. The largest absolute Gasteiger partial charge is 2.00 e. The number of nitrogens with two attached hydrogens (primary N) is 1. The van der Waals surface area contributed by atoms with Crippen LogP contribution in [0.4, 0.5) is 0 Å². The number of halogens is 1. The monoisotopic (exact) mass is 1590 g/mol. The van der Waals surface area contributed by atoms with Crippen molar-refractivity contribution < 1.29 is 85.5 Å². The van der Waals surface area contributed by atoms with E-state index in [2.05, 4.69) is 113 Å². The number of ether oxygens (including phenoxy) is 3. The van der Waals surface area contributed by atoms with E-state index in [1.807, 2.05) is 211 Å². The van der Waals surface area contributed by atoms with Gasteiger partial charge in [-0.15, -0.1) is 0 Å². The molecule has 0 aliphatic rings. The molecule has 7 heterocycles. The molecular weight excluding hydrogens is 1480 g/mol. The Hall–Kier alpha value is -10.3. The van der Waals surface area contributed by atoms with Gasteiger partial charge in [-0.3, -0.25) is 19.4 Å². The van der Waals surface area contributed by atoms with E-state index in [9.17, 15) is 33.6 Å². The summed E-state index contributed by atoms with van der Waals surface area (Å²) in [4.78, 5) is 90.6. The van der Waals surface area contributed by atoms with E-state index >= 15 is 0 Å². The quantitative estimate of drug-likeness (QED) is 0.00905. The molecule has 0 radical (unpaired) electrons. The number of esters is 3. The normalized spacial score (nSPS) is 10.4. The Labute approximate surface area is 709 Å². The van der Waals surface area contributed by atoms with Crippen molar-refractivity contribution in [2.45, 2.75) is 139 Å². The summed E-state index contributed by atoms with van der Waals surface area (Å²) < 4.78 is 23.6. The Bertz CT molecular complexity index is 5400. The van der Waals surface area contributed by atoms with Crippen LogP contribution in [0.5, 0.6) is 0 Å². The van der Waals surface area contributed by atoms with Gasteiger partial charge in [0.05, 0.1) is 49.9 Å². The van der Waals surface area contributed by atoms with E-state index in [1.165, 1.54) is 66.4 Å². The van der Waals surface area contributed by atoms with Crippen LogP contribution in [-0.4, -0.2) is 140 Å². The van der Waals surface area contributed by atoms with Crippen LogP contribution in [0.25, 0.3) is 77.0 Å². The molecule has 0 spiro atoms. The molecular formula is C89H111ClLiMgN10O13-. The number of ketones is 1. The molecule has 12 aromatic rings. The van der Waals surface area contributed by atoms with E-state index in [0.29, 0.717) is 30.5 Å². The smallest absolute Gasteiger partial charge is 1.00 e. The van der Waals surface area contributed by atoms with E-state index in [1.54, 1.807) is 13.0 Å². The molecule has 7 aromatic heterocycles. The first kappa shape index (κ1) is 105. The zero-order valence-electron chi connectivity index (χ0n) is 70.5. The number of methoxy groups -OCH3 is 3. The number of hydrogen-bond acceptors (Lipinski definition) is 15. The standard InChI is InChI=1S/C18H18N2O3.C17H16N2O3.C17H24N2.C13H15NO.C10H8N2.C7H10O4.C4H11N.C3H7.ClH.Li.Mg.2H2O/c1-4-11-9-14(18(22)23-3)17(21)19-16(11)13-6-5-12-7-8-20(2)15(12)10-13;1-3-10-8-13(17(21)22)16(20)18-15(10)12-5-4-11-6-7-19(2)14(11)9-12;1-6-7-15(18-17(2,3)4)14-9-8-13-10-11-19(5)16(13)12-14;1-3-4-13(15)11-6-5-10-7-8-14(2)12(10)9-11;1-12-5-4-9-3-2-8(7-11)6-10(9)12;1-4-5(6(8)10-2)7(9)11-3;1-4(2,3)5;1-3-2;;;;;/h5-10H,4H2,1-3H3,(H,19,21);4-9H,3H2,1-2H3,(H,18,20)(H,21,22);8-12H,6-7H2,1-5H3;5-9H,3-4H2,1-2H3;2-6H,1H3;4H,1-3H3;5H2,1-3H3;1,3H2,2H3;1H;;;2*1H2/q;;;;;;;-1;;+1;+2;;/p-3. The SMILES string of the molecule is CC(C)(C)N.CC=C(C(=O)OC)C(=O)OC.CCCC(=NC(C)(C)C)c1ccc2ccn(C)c2c1.CCCC(=O)c1ccc2ccn(C)c2c1.CCc1cc(C(=O)O)c(=O)[nH]c1-c1ccc2ccn(C)c2c1.CCc1cc(C(=O)OC)c(=O)[nH]c1-c1ccc2ccn(C)c2c1.Cn1ccc2ccc(C#N)cc21.[CH2-]CC.[Cl-].[Li+].[Mg+2].[OH-].[OH-]. The zero-order valence-corrected chi connectivity index (χ0v) is 72.7. The van der Waals surface area contributed by atoms with Gasteiger partial charge in [0, 0.05) is 128 Å². The number of fused-ring (bicyclic) bond motifs is 5. The molecule has 26 heteroatoms. The Morgan fingerprint density at radius 1 is 0.539 bits per heavy atom. The fraction of sp³-hybridized carbons (Fsp3) is 0.326. The first-order valence-corrected chi connectivity index (χ1v) is 36.6. The average molecular weight is 1600 g/mol. The second-order valence-corrected chi connectivity index (χ2v) is 28.1. The van der Waals surface area contributed by atoms with Crippen molar-refractivity contribution in [1.29, 1.82) is 5.26 Å². The van der Waals surface area contributed by atoms with Gasteiger partial charge in [0.1, 0.15) is 16.7 Å². The molecule has 0 saturated heterocycles. The number of nitrogens with zero attached hydrogens (tertiary/aromatic N) is 7. The molecule has 7 N–H and O–H groups in total. The maximum absolute atomic E-state index is 12.2. The van der Waals surface area contributed by atoms with Gasteiger partial charge in [-0.1, -0.05) is 102 Å². The number of allylic oxidation sites excluding steroid dienone is 1. The van der Waals surface area contributed by atoms with Crippen molar-refractivity contribution in [2.75, 3.05) is 21.3 Å². The number of benzene rings is 5. The average Bonchev–Trinajstić information content (AvgIpc) is 1.77. The summed E-state index contributed by atoms with van der Waals surface area (Å²) in [6.07, 6.45) is 17.5. The minimum Gasteiger partial charge on any atom is -1.00 e. The van der Waals surface area contributed by atoms with Crippen molar-refractivity contribution in [3.8, 4) is 28.6 Å². The van der Waals surface area contributed by atoms with Gasteiger partial charge in [-0.25, -0.2) is 19.2 Å². The van der Waals surface area contributed by atoms with Crippen LogP contribution in [-0.2, 0) is 71.9 Å². The molecule has 0 aliphatic carbocycles. The van der Waals surface area contributed by atoms with Crippen molar-refractivity contribution in [1.82, 2.24) is 32.8 Å². The van der Waals surface area contributed by atoms with Crippen LogP contribution in [0.15, 0.2) is 191 Å². The first-order valence-electron chi connectivity index (χ1n) is 36.6. The molecule has 606 valence electrons. The maximum atomic E-state index is 12.2. The number of nitrogens with one attached hydrogen (secondary N) is 2. The number of carbonyl (C=O) groups excluding carboxylic acids is 4. The summed E-state index contributed by atoms with van der Waals surface area (Å²) >= 11 is 0. The molecule has 0 fully saturated rings. The third-order valence-corrected chi connectivity index (χ3v) is 17.0. The van der Waals surface area contributed by atoms with E-state index in [0.717, 1.165) is 92.0 Å². The number of carboxylic acids is 1. The fourth-order valence-corrected chi connectivity index (χ4v) is 11.5.